The molecule has 0 saturated carbocycles. The van der Waals surface area contributed by atoms with Crippen molar-refractivity contribution in [1.29, 1.82) is 0 Å². The van der Waals surface area contributed by atoms with Gasteiger partial charge in [-0.1, -0.05) is 23.4 Å². The van der Waals surface area contributed by atoms with Crippen molar-refractivity contribution in [1.82, 2.24) is 4.98 Å². The van der Waals surface area contributed by atoms with Crippen molar-refractivity contribution < 1.29 is 9.90 Å². The third-order valence-electron chi connectivity index (χ3n) is 1.87. The molecule has 3 nitrogen and oxygen atoms in total. The Labute approximate surface area is 105 Å². The third kappa shape index (κ3) is 2.87. The summed E-state index contributed by atoms with van der Waals surface area (Å²) in [6.45, 7) is 0. The Morgan fingerprint density at radius 2 is 2.38 bits per heavy atom. The fourth-order valence-corrected chi connectivity index (χ4v) is 3.38. The summed E-state index contributed by atoms with van der Waals surface area (Å²) in [5.74, 6) is -0.236. The van der Waals surface area contributed by atoms with Gasteiger partial charge in [-0.05, 0) is 18.2 Å². The predicted molar refractivity (Wildman–Crippen MR) is 67.6 cm³/mol. The minimum absolute atomic E-state index is 0.154. The van der Waals surface area contributed by atoms with Gasteiger partial charge in [0.1, 0.15) is 0 Å². The largest absolute Gasteiger partial charge is 0.481 e. The first-order chi connectivity index (χ1) is 7.65. The lowest BCUT2D eigenvalue weighted by atomic mass is 10.3. The minimum Gasteiger partial charge on any atom is -0.481 e. The molecule has 2 rings (SSSR count). The summed E-state index contributed by atoms with van der Waals surface area (Å²) in [7, 11) is 0. The van der Waals surface area contributed by atoms with Crippen LogP contribution in [0, 0.1) is 0 Å². The Bertz CT molecular complexity index is 527. The molecule has 1 aromatic heterocycles. The van der Waals surface area contributed by atoms with Gasteiger partial charge in [-0.3, -0.25) is 4.79 Å². The number of rotatable bonds is 4. The van der Waals surface area contributed by atoms with E-state index in [1.54, 1.807) is 11.3 Å². The molecule has 0 saturated heterocycles. The number of thiazole rings is 1. The first-order valence-electron chi connectivity index (χ1n) is 4.56. The number of carboxylic acid groups (broad SMARTS) is 1. The topological polar surface area (TPSA) is 50.2 Å². The smallest absolute Gasteiger partial charge is 0.304 e. The fourth-order valence-electron chi connectivity index (χ4n) is 1.17. The van der Waals surface area contributed by atoms with Crippen LogP contribution in [0.15, 0.2) is 22.5 Å². The Kier molecular flexibility index (Phi) is 3.68. The van der Waals surface area contributed by atoms with Gasteiger partial charge in [0.25, 0.3) is 0 Å². The van der Waals surface area contributed by atoms with E-state index in [-0.39, 0.29) is 6.42 Å². The predicted octanol–water partition coefficient (Wildman–Crippen LogP) is 3.52. The number of thioether (sulfide) groups is 1. The molecular formula is C10H8ClNO2S2. The lowest BCUT2D eigenvalue weighted by Gasteiger charge is -1.91. The molecule has 0 aliphatic heterocycles. The van der Waals surface area contributed by atoms with E-state index in [0.717, 1.165) is 14.6 Å². The summed E-state index contributed by atoms with van der Waals surface area (Å²) in [6.07, 6.45) is 0.154. The molecule has 0 atom stereocenters. The van der Waals surface area contributed by atoms with Crippen molar-refractivity contribution in [3.05, 3.63) is 23.2 Å². The quantitative estimate of drug-likeness (QED) is 0.866. The maximum atomic E-state index is 10.4. The number of carboxylic acids is 1. The maximum absolute atomic E-state index is 10.4. The van der Waals surface area contributed by atoms with Crippen LogP contribution in [0.5, 0.6) is 0 Å². The second-order valence-corrected chi connectivity index (χ2v) is 5.89. The number of aliphatic carboxylic acids is 1. The van der Waals surface area contributed by atoms with Crippen LogP contribution in [0.1, 0.15) is 6.42 Å². The number of aromatic nitrogens is 1. The van der Waals surface area contributed by atoms with E-state index in [1.165, 1.54) is 11.8 Å². The molecule has 0 aliphatic carbocycles. The van der Waals surface area contributed by atoms with Gasteiger partial charge in [0.15, 0.2) is 4.34 Å². The molecule has 0 amide bonds. The number of benzene rings is 1. The molecular weight excluding hydrogens is 266 g/mol. The highest BCUT2D eigenvalue weighted by atomic mass is 35.5. The Morgan fingerprint density at radius 1 is 1.56 bits per heavy atom. The van der Waals surface area contributed by atoms with E-state index >= 15 is 0 Å². The van der Waals surface area contributed by atoms with Crippen molar-refractivity contribution >= 4 is 50.9 Å². The van der Waals surface area contributed by atoms with Crippen LogP contribution >= 0.6 is 34.7 Å². The van der Waals surface area contributed by atoms with Crippen LogP contribution < -0.4 is 0 Å². The minimum atomic E-state index is -0.781. The number of hydrogen-bond acceptors (Lipinski definition) is 4. The van der Waals surface area contributed by atoms with E-state index in [1.807, 2.05) is 18.2 Å². The monoisotopic (exact) mass is 273 g/mol. The van der Waals surface area contributed by atoms with Gasteiger partial charge in [-0.15, -0.1) is 11.3 Å². The lowest BCUT2D eigenvalue weighted by molar-refractivity contribution is -0.136. The first-order valence-corrected chi connectivity index (χ1v) is 6.74. The summed E-state index contributed by atoms with van der Waals surface area (Å²) in [5, 5.41) is 9.19. The highest BCUT2D eigenvalue weighted by Crippen LogP contribution is 2.31. The molecule has 1 N–H and O–H groups in total. The van der Waals surface area contributed by atoms with Crippen LogP contribution in [0.3, 0.4) is 0 Å². The number of carbonyl (C=O) groups is 1. The number of hydrogen-bond donors (Lipinski definition) is 1. The van der Waals surface area contributed by atoms with Crippen molar-refractivity contribution in [2.24, 2.45) is 0 Å². The van der Waals surface area contributed by atoms with Crippen LogP contribution in [-0.4, -0.2) is 21.8 Å². The van der Waals surface area contributed by atoms with Gasteiger partial charge >= 0.3 is 5.97 Å². The van der Waals surface area contributed by atoms with Gasteiger partial charge in [0, 0.05) is 10.8 Å². The first kappa shape index (κ1) is 11.7. The van der Waals surface area contributed by atoms with Gasteiger partial charge in [-0.2, -0.15) is 0 Å². The summed E-state index contributed by atoms with van der Waals surface area (Å²) >= 11 is 8.88. The van der Waals surface area contributed by atoms with Crippen molar-refractivity contribution in [2.75, 3.05) is 5.75 Å². The lowest BCUT2D eigenvalue weighted by Crippen LogP contribution is -1.95. The molecule has 0 fully saturated rings. The number of nitrogens with zero attached hydrogens (tertiary/aromatic N) is 1. The SMILES string of the molecule is O=C(O)CCSc1nc2cc(Cl)ccc2s1. The zero-order valence-electron chi connectivity index (χ0n) is 8.14. The summed E-state index contributed by atoms with van der Waals surface area (Å²) in [6, 6.07) is 5.57. The average molecular weight is 274 g/mol. The van der Waals surface area contributed by atoms with Gasteiger partial charge in [0.05, 0.1) is 16.6 Å². The molecule has 0 spiro atoms. The van der Waals surface area contributed by atoms with Gasteiger partial charge in [0.2, 0.25) is 0 Å². The van der Waals surface area contributed by atoms with Crippen LogP contribution in [-0.2, 0) is 4.79 Å². The van der Waals surface area contributed by atoms with E-state index in [9.17, 15) is 4.79 Å². The fraction of sp³-hybridized carbons (Fsp3) is 0.200. The molecule has 1 aromatic carbocycles. The highest BCUT2D eigenvalue weighted by molar-refractivity contribution is 8.01. The highest BCUT2D eigenvalue weighted by Gasteiger charge is 2.05. The van der Waals surface area contributed by atoms with E-state index < -0.39 is 5.97 Å². The van der Waals surface area contributed by atoms with Crippen LogP contribution in [0.4, 0.5) is 0 Å². The normalized spacial score (nSPS) is 10.8. The molecule has 0 unspecified atom stereocenters. The standard InChI is InChI=1S/C10H8ClNO2S2/c11-6-1-2-8-7(5-6)12-10(16-8)15-4-3-9(13)14/h1-2,5H,3-4H2,(H,13,14). The average Bonchev–Trinajstić information content (AvgIpc) is 2.58. The Hall–Kier alpha value is -0.780. The second kappa shape index (κ2) is 5.03. The molecule has 1 heterocycles. The zero-order valence-corrected chi connectivity index (χ0v) is 10.5. The summed E-state index contributed by atoms with van der Waals surface area (Å²) < 4.78 is 1.96. The van der Waals surface area contributed by atoms with Gasteiger partial charge in [-0.25, -0.2) is 4.98 Å². The molecule has 6 heteroatoms. The summed E-state index contributed by atoms with van der Waals surface area (Å²) in [4.78, 5) is 14.7. The van der Waals surface area contributed by atoms with Crippen LogP contribution in [0.25, 0.3) is 10.2 Å². The van der Waals surface area contributed by atoms with Crippen LogP contribution in [0.2, 0.25) is 5.02 Å². The maximum Gasteiger partial charge on any atom is 0.304 e. The molecule has 16 heavy (non-hydrogen) atoms. The Balaban J connectivity index is 2.10. The van der Waals surface area contributed by atoms with E-state index in [0.29, 0.717) is 10.8 Å². The van der Waals surface area contributed by atoms with E-state index in [2.05, 4.69) is 4.98 Å². The summed E-state index contributed by atoms with van der Waals surface area (Å²) in [5.41, 5.74) is 0.871. The Morgan fingerprint density at radius 3 is 3.12 bits per heavy atom. The van der Waals surface area contributed by atoms with E-state index in [4.69, 9.17) is 16.7 Å². The third-order valence-corrected chi connectivity index (χ3v) is 4.29. The molecule has 0 radical (unpaired) electrons. The van der Waals surface area contributed by atoms with Gasteiger partial charge < -0.3 is 5.11 Å². The number of fused-ring (bicyclic) bond motifs is 1. The molecule has 0 aliphatic rings. The zero-order chi connectivity index (χ0) is 11.5. The molecule has 84 valence electrons. The van der Waals surface area contributed by atoms with Crippen molar-refractivity contribution in [3.8, 4) is 0 Å². The molecule has 2 aromatic rings. The number of halogens is 1. The second-order valence-electron chi connectivity index (χ2n) is 3.08. The van der Waals surface area contributed by atoms with Crippen molar-refractivity contribution in [2.45, 2.75) is 10.8 Å². The van der Waals surface area contributed by atoms with Crippen molar-refractivity contribution in [3.63, 3.8) is 0 Å². The molecule has 0 bridgehead atoms.